The first kappa shape index (κ1) is 14.2. The summed E-state index contributed by atoms with van der Waals surface area (Å²) in [6, 6.07) is 3.65. The molecule has 1 aromatic carbocycles. The number of alkyl halides is 3. The molecule has 0 radical (unpaired) electrons. The molecule has 1 heterocycles. The molecule has 1 aliphatic rings. The van der Waals surface area contributed by atoms with Crippen molar-refractivity contribution in [2.45, 2.75) is 44.8 Å². The van der Waals surface area contributed by atoms with E-state index in [0.717, 1.165) is 31.5 Å². The van der Waals surface area contributed by atoms with E-state index in [1.807, 2.05) is 4.57 Å². The minimum atomic E-state index is -4.35. The van der Waals surface area contributed by atoms with Gasteiger partial charge in [-0.2, -0.15) is 13.2 Å². The standard InChI is InChI=1S/C15H18F3N3/c16-15(17,18)11-6-7-13-12(8-11)20-14(19)21(13)9-10-4-2-1-3-5-10/h6-8,10H,1-5,9H2,(H2,19,20). The second-order valence-electron chi connectivity index (χ2n) is 5.79. The average Bonchev–Trinajstić information content (AvgIpc) is 2.75. The third kappa shape index (κ3) is 2.84. The van der Waals surface area contributed by atoms with Gasteiger partial charge in [0.1, 0.15) is 0 Å². The molecule has 21 heavy (non-hydrogen) atoms. The van der Waals surface area contributed by atoms with E-state index in [1.165, 1.54) is 25.3 Å². The van der Waals surface area contributed by atoms with Crippen LogP contribution in [0.15, 0.2) is 18.2 Å². The van der Waals surface area contributed by atoms with Crippen molar-refractivity contribution in [3.8, 4) is 0 Å². The monoisotopic (exact) mass is 297 g/mol. The zero-order chi connectivity index (χ0) is 15.0. The Bertz CT molecular complexity index is 639. The summed E-state index contributed by atoms with van der Waals surface area (Å²) < 4.78 is 40.0. The smallest absolute Gasteiger partial charge is 0.369 e. The second-order valence-corrected chi connectivity index (χ2v) is 5.79. The third-order valence-electron chi connectivity index (χ3n) is 4.27. The molecule has 0 atom stereocenters. The van der Waals surface area contributed by atoms with Crippen LogP contribution in [-0.2, 0) is 12.7 Å². The van der Waals surface area contributed by atoms with Crippen molar-refractivity contribution in [3.05, 3.63) is 23.8 Å². The van der Waals surface area contributed by atoms with E-state index >= 15 is 0 Å². The molecular weight excluding hydrogens is 279 g/mol. The number of benzene rings is 1. The van der Waals surface area contributed by atoms with Gasteiger partial charge in [0.05, 0.1) is 16.6 Å². The molecule has 1 aromatic heterocycles. The summed E-state index contributed by atoms with van der Waals surface area (Å²) in [7, 11) is 0. The Morgan fingerprint density at radius 3 is 2.57 bits per heavy atom. The summed E-state index contributed by atoms with van der Waals surface area (Å²) in [6.45, 7) is 0.744. The summed E-state index contributed by atoms with van der Waals surface area (Å²) in [5.74, 6) is 0.843. The van der Waals surface area contributed by atoms with Gasteiger partial charge in [-0.1, -0.05) is 19.3 Å². The van der Waals surface area contributed by atoms with Crippen LogP contribution in [0.4, 0.5) is 19.1 Å². The van der Waals surface area contributed by atoms with E-state index in [0.29, 0.717) is 22.9 Å². The van der Waals surface area contributed by atoms with E-state index < -0.39 is 11.7 Å². The Labute approximate surface area is 121 Å². The van der Waals surface area contributed by atoms with Crippen molar-refractivity contribution >= 4 is 17.0 Å². The van der Waals surface area contributed by atoms with Crippen molar-refractivity contribution in [1.29, 1.82) is 0 Å². The molecule has 3 rings (SSSR count). The van der Waals surface area contributed by atoms with Gasteiger partial charge in [0, 0.05) is 6.54 Å². The Hall–Kier alpha value is -1.72. The van der Waals surface area contributed by atoms with Gasteiger partial charge in [0.15, 0.2) is 0 Å². The number of hydrogen-bond donors (Lipinski definition) is 1. The van der Waals surface area contributed by atoms with Gasteiger partial charge in [-0.25, -0.2) is 4.98 Å². The molecule has 114 valence electrons. The van der Waals surface area contributed by atoms with Crippen molar-refractivity contribution < 1.29 is 13.2 Å². The van der Waals surface area contributed by atoms with Gasteiger partial charge in [-0.15, -0.1) is 0 Å². The molecule has 1 aliphatic carbocycles. The Morgan fingerprint density at radius 2 is 1.90 bits per heavy atom. The van der Waals surface area contributed by atoms with Gasteiger partial charge >= 0.3 is 6.18 Å². The third-order valence-corrected chi connectivity index (χ3v) is 4.27. The highest BCUT2D eigenvalue weighted by molar-refractivity contribution is 5.79. The molecule has 1 saturated carbocycles. The number of fused-ring (bicyclic) bond motifs is 1. The van der Waals surface area contributed by atoms with Crippen LogP contribution >= 0.6 is 0 Å². The summed E-state index contributed by atoms with van der Waals surface area (Å²) >= 11 is 0. The van der Waals surface area contributed by atoms with Gasteiger partial charge < -0.3 is 10.3 Å². The lowest BCUT2D eigenvalue weighted by atomic mass is 9.89. The van der Waals surface area contributed by atoms with Crippen LogP contribution in [0.1, 0.15) is 37.7 Å². The zero-order valence-electron chi connectivity index (χ0n) is 11.7. The van der Waals surface area contributed by atoms with Crippen molar-refractivity contribution in [2.24, 2.45) is 5.92 Å². The zero-order valence-corrected chi connectivity index (χ0v) is 11.7. The van der Waals surface area contributed by atoms with Gasteiger partial charge in [-0.05, 0) is 37.0 Å². The lowest BCUT2D eigenvalue weighted by molar-refractivity contribution is -0.137. The fourth-order valence-electron chi connectivity index (χ4n) is 3.14. The molecule has 0 unspecified atom stereocenters. The SMILES string of the molecule is Nc1nc2cc(C(F)(F)F)ccc2n1CC1CCCCC1. The lowest BCUT2D eigenvalue weighted by Crippen LogP contribution is -2.15. The highest BCUT2D eigenvalue weighted by Crippen LogP contribution is 2.33. The fourth-order valence-corrected chi connectivity index (χ4v) is 3.14. The van der Waals surface area contributed by atoms with E-state index in [-0.39, 0.29) is 0 Å². The first-order valence-corrected chi connectivity index (χ1v) is 7.28. The summed E-state index contributed by atoms with van der Waals surface area (Å²) in [5, 5.41) is 0. The van der Waals surface area contributed by atoms with Crippen molar-refractivity contribution in [3.63, 3.8) is 0 Å². The van der Waals surface area contributed by atoms with Crippen LogP contribution in [0.2, 0.25) is 0 Å². The number of aromatic nitrogens is 2. The first-order valence-electron chi connectivity index (χ1n) is 7.28. The van der Waals surface area contributed by atoms with E-state index in [4.69, 9.17) is 5.73 Å². The van der Waals surface area contributed by atoms with Crippen LogP contribution in [-0.4, -0.2) is 9.55 Å². The maximum atomic E-state index is 12.7. The van der Waals surface area contributed by atoms with Gasteiger partial charge in [-0.3, -0.25) is 0 Å². The van der Waals surface area contributed by atoms with E-state index in [9.17, 15) is 13.2 Å². The Morgan fingerprint density at radius 1 is 1.19 bits per heavy atom. The van der Waals surface area contributed by atoms with Crippen LogP contribution in [0, 0.1) is 5.92 Å². The number of hydrogen-bond acceptors (Lipinski definition) is 2. The van der Waals surface area contributed by atoms with Crippen molar-refractivity contribution in [1.82, 2.24) is 9.55 Å². The molecule has 3 nitrogen and oxygen atoms in total. The second kappa shape index (κ2) is 5.24. The molecule has 2 aromatic rings. The largest absolute Gasteiger partial charge is 0.416 e. The Balaban J connectivity index is 1.93. The number of nitrogens with two attached hydrogens (primary N) is 1. The quantitative estimate of drug-likeness (QED) is 0.902. The molecule has 0 spiro atoms. The minimum Gasteiger partial charge on any atom is -0.369 e. The summed E-state index contributed by atoms with van der Waals surface area (Å²) in [4.78, 5) is 4.09. The van der Waals surface area contributed by atoms with Crippen LogP contribution in [0.3, 0.4) is 0 Å². The average molecular weight is 297 g/mol. The molecule has 6 heteroatoms. The van der Waals surface area contributed by atoms with Gasteiger partial charge in [0.2, 0.25) is 5.95 Å². The van der Waals surface area contributed by atoms with Crippen LogP contribution in [0.5, 0.6) is 0 Å². The number of anilines is 1. The Kier molecular flexibility index (Phi) is 3.55. The minimum absolute atomic E-state index is 0.301. The van der Waals surface area contributed by atoms with Crippen molar-refractivity contribution in [2.75, 3.05) is 5.73 Å². The number of nitrogens with zero attached hydrogens (tertiary/aromatic N) is 2. The van der Waals surface area contributed by atoms with E-state index in [2.05, 4.69) is 4.98 Å². The number of halogens is 3. The van der Waals surface area contributed by atoms with E-state index in [1.54, 1.807) is 0 Å². The first-order chi connectivity index (χ1) is 9.95. The normalized spacial score (nSPS) is 17.5. The molecule has 0 aliphatic heterocycles. The topological polar surface area (TPSA) is 43.8 Å². The molecule has 1 fully saturated rings. The summed E-state index contributed by atoms with van der Waals surface area (Å²) in [5.41, 5.74) is 6.22. The molecule has 0 bridgehead atoms. The van der Waals surface area contributed by atoms with Crippen LogP contribution < -0.4 is 5.73 Å². The maximum absolute atomic E-state index is 12.7. The molecule has 0 saturated heterocycles. The predicted molar refractivity (Wildman–Crippen MR) is 75.7 cm³/mol. The lowest BCUT2D eigenvalue weighted by Gasteiger charge is -2.22. The highest BCUT2D eigenvalue weighted by Gasteiger charge is 2.31. The van der Waals surface area contributed by atoms with Gasteiger partial charge in [0.25, 0.3) is 0 Å². The number of nitrogen functional groups attached to an aromatic ring is 1. The van der Waals surface area contributed by atoms with Crippen LogP contribution in [0.25, 0.3) is 11.0 Å². The number of rotatable bonds is 2. The molecular formula is C15H18F3N3. The summed E-state index contributed by atoms with van der Waals surface area (Å²) in [6.07, 6.45) is 1.66. The molecule has 0 amide bonds. The molecule has 2 N–H and O–H groups in total. The number of imidazole rings is 1. The maximum Gasteiger partial charge on any atom is 0.416 e. The fraction of sp³-hybridized carbons (Fsp3) is 0.533. The highest BCUT2D eigenvalue weighted by atomic mass is 19.4. The predicted octanol–water partition coefficient (Wildman–Crippen LogP) is 4.22.